The fourth-order valence-electron chi connectivity index (χ4n) is 4.16. The molecule has 3 aromatic rings. The summed E-state index contributed by atoms with van der Waals surface area (Å²) in [6.45, 7) is 3.76. The molecule has 30 heavy (non-hydrogen) atoms. The number of rotatable bonds is 7. The van der Waals surface area contributed by atoms with Crippen LogP contribution in [0, 0.1) is 0 Å². The molecule has 0 spiro atoms. The quantitative estimate of drug-likeness (QED) is 0.623. The highest BCUT2D eigenvalue weighted by Gasteiger charge is 2.25. The van der Waals surface area contributed by atoms with E-state index in [0.717, 1.165) is 41.9 Å². The van der Waals surface area contributed by atoms with Gasteiger partial charge in [-0.25, -0.2) is 0 Å². The molecule has 2 aromatic carbocycles. The number of amides is 1. The number of benzene rings is 2. The maximum Gasteiger partial charge on any atom is 0.255 e. The normalized spacial score (nSPS) is 14.7. The van der Waals surface area contributed by atoms with Crippen molar-refractivity contribution in [2.75, 3.05) is 33.3 Å². The molecular formula is C24H29N3O3. The molecule has 6 heteroatoms. The second-order valence-corrected chi connectivity index (χ2v) is 7.68. The highest BCUT2D eigenvalue weighted by Crippen LogP contribution is 2.38. The average molecular weight is 408 g/mol. The third-order valence-electron chi connectivity index (χ3n) is 5.57. The van der Waals surface area contributed by atoms with E-state index < -0.39 is 0 Å². The third-order valence-corrected chi connectivity index (χ3v) is 5.57. The zero-order valence-corrected chi connectivity index (χ0v) is 17.4. The van der Waals surface area contributed by atoms with Crippen molar-refractivity contribution in [3.05, 3.63) is 53.6 Å². The fourth-order valence-corrected chi connectivity index (χ4v) is 4.16. The van der Waals surface area contributed by atoms with Crippen molar-refractivity contribution in [3.63, 3.8) is 0 Å². The highest BCUT2D eigenvalue weighted by atomic mass is 16.5. The zero-order chi connectivity index (χ0) is 20.9. The molecule has 1 aliphatic rings. The molecule has 1 fully saturated rings. The number of likely N-dealkylation sites (tertiary alicyclic amines) is 1. The Morgan fingerprint density at radius 1 is 1.17 bits per heavy atom. The van der Waals surface area contributed by atoms with Gasteiger partial charge in [0, 0.05) is 37.2 Å². The molecule has 6 nitrogen and oxygen atoms in total. The Balaban J connectivity index is 1.89. The van der Waals surface area contributed by atoms with Crippen LogP contribution >= 0.6 is 0 Å². The lowest BCUT2D eigenvalue weighted by atomic mass is 9.99. The average Bonchev–Trinajstić information content (AvgIpc) is 3.18. The number of fused-ring (bicyclic) bond motifs is 1. The molecule has 158 valence electrons. The Labute approximate surface area is 177 Å². The lowest BCUT2D eigenvalue weighted by molar-refractivity contribution is 0.0964. The van der Waals surface area contributed by atoms with Gasteiger partial charge in [0.1, 0.15) is 23.7 Å². The van der Waals surface area contributed by atoms with Gasteiger partial charge in [0.15, 0.2) is 0 Å². The van der Waals surface area contributed by atoms with Gasteiger partial charge in [0.2, 0.25) is 0 Å². The van der Waals surface area contributed by atoms with Crippen molar-refractivity contribution in [1.82, 2.24) is 10.2 Å². The number of nitrogens with zero attached hydrogens (tertiary/aromatic N) is 1. The number of hydrogen-bond acceptors (Lipinski definition) is 5. The lowest BCUT2D eigenvalue weighted by Crippen LogP contribution is -2.29. The topological polar surface area (TPSA) is 80.7 Å². The molecule has 0 aliphatic carbocycles. The molecule has 0 bridgehead atoms. The summed E-state index contributed by atoms with van der Waals surface area (Å²) >= 11 is 0. The Bertz CT molecular complexity index is 1010. The maximum atomic E-state index is 13.0. The second-order valence-electron chi connectivity index (χ2n) is 7.68. The van der Waals surface area contributed by atoms with Gasteiger partial charge in [0.05, 0.1) is 5.56 Å². The number of hydrogen-bond donors (Lipinski definition) is 2. The van der Waals surface area contributed by atoms with Gasteiger partial charge in [-0.05, 0) is 37.6 Å². The van der Waals surface area contributed by atoms with E-state index >= 15 is 0 Å². The van der Waals surface area contributed by atoms with Crippen molar-refractivity contribution in [1.29, 1.82) is 0 Å². The molecular weight excluding hydrogens is 378 g/mol. The Morgan fingerprint density at radius 2 is 1.93 bits per heavy atom. The number of nitrogens with one attached hydrogen (secondary N) is 1. The van der Waals surface area contributed by atoms with Crippen LogP contribution in [0.1, 0.15) is 35.2 Å². The predicted octanol–water partition coefficient (Wildman–Crippen LogP) is 3.78. The molecule has 0 atom stereocenters. The first-order chi connectivity index (χ1) is 14.7. The van der Waals surface area contributed by atoms with E-state index in [2.05, 4.69) is 10.2 Å². The van der Waals surface area contributed by atoms with E-state index in [0.29, 0.717) is 30.1 Å². The summed E-state index contributed by atoms with van der Waals surface area (Å²) in [5.74, 6) is 1.15. The van der Waals surface area contributed by atoms with Crippen molar-refractivity contribution in [2.24, 2.45) is 5.73 Å². The monoisotopic (exact) mass is 407 g/mol. The van der Waals surface area contributed by atoms with Crippen molar-refractivity contribution < 1.29 is 13.9 Å². The van der Waals surface area contributed by atoms with Crippen molar-refractivity contribution >= 4 is 16.9 Å². The van der Waals surface area contributed by atoms with Gasteiger partial charge >= 0.3 is 0 Å². The number of piperidine rings is 1. The fraction of sp³-hybridized carbons (Fsp3) is 0.375. The number of furan rings is 1. The number of carbonyl (C=O) groups is 1. The molecule has 0 unspecified atom stereocenters. The molecule has 2 heterocycles. The summed E-state index contributed by atoms with van der Waals surface area (Å²) in [4.78, 5) is 15.4. The number of carbonyl (C=O) groups excluding carboxylic acids is 1. The molecule has 1 aliphatic heterocycles. The molecule has 1 saturated heterocycles. The summed E-state index contributed by atoms with van der Waals surface area (Å²) < 4.78 is 12.1. The lowest BCUT2D eigenvalue weighted by Gasteiger charge is -2.27. The van der Waals surface area contributed by atoms with E-state index in [9.17, 15) is 4.79 Å². The highest BCUT2D eigenvalue weighted by molar-refractivity contribution is 6.12. The van der Waals surface area contributed by atoms with Crippen LogP contribution < -0.4 is 15.8 Å². The summed E-state index contributed by atoms with van der Waals surface area (Å²) in [6.07, 6.45) is 3.68. The Hall–Kier alpha value is -2.83. The van der Waals surface area contributed by atoms with E-state index in [1.54, 1.807) is 7.05 Å². The molecule has 0 radical (unpaired) electrons. The predicted molar refractivity (Wildman–Crippen MR) is 119 cm³/mol. The van der Waals surface area contributed by atoms with Crippen LogP contribution in [0.5, 0.6) is 5.75 Å². The number of nitrogens with two attached hydrogens (primary N) is 1. The van der Waals surface area contributed by atoms with Crippen LogP contribution in [-0.2, 0) is 6.54 Å². The minimum atomic E-state index is -0.150. The van der Waals surface area contributed by atoms with E-state index in [4.69, 9.17) is 14.9 Å². The first kappa shape index (κ1) is 20.4. The first-order valence-corrected chi connectivity index (χ1v) is 10.6. The van der Waals surface area contributed by atoms with Gasteiger partial charge in [0.25, 0.3) is 5.91 Å². The minimum absolute atomic E-state index is 0.150. The van der Waals surface area contributed by atoms with Gasteiger partial charge in [-0.15, -0.1) is 0 Å². The van der Waals surface area contributed by atoms with E-state index in [1.165, 1.54) is 19.3 Å². The molecule has 1 aromatic heterocycles. The van der Waals surface area contributed by atoms with Crippen LogP contribution in [0.4, 0.5) is 0 Å². The maximum absolute atomic E-state index is 13.0. The van der Waals surface area contributed by atoms with Gasteiger partial charge in [-0.3, -0.25) is 9.69 Å². The van der Waals surface area contributed by atoms with Crippen molar-refractivity contribution in [2.45, 2.75) is 25.8 Å². The summed E-state index contributed by atoms with van der Waals surface area (Å²) in [5, 5.41) is 3.65. The summed E-state index contributed by atoms with van der Waals surface area (Å²) in [7, 11) is 1.65. The number of ether oxygens (including phenoxy) is 1. The zero-order valence-electron chi connectivity index (χ0n) is 17.4. The van der Waals surface area contributed by atoms with E-state index in [1.807, 2.05) is 42.5 Å². The molecule has 3 N–H and O–H groups in total. The first-order valence-electron chi connectivity index (χ1n) is 10.6. The van der Waals surface area contributed by atoms with Gasteiger partial charge in [-0.1, -0.05) is 36.8 Å². The SMILES string of the molecule is CNC(=O)c1c(-c2ccccc2)oc2cc(OCCN)cc(CN3CCCCC3)c12. The molecule has 0 saturated carbocycles. The van der Waals surface area contributed by atoms with Crippen LogP contribution in [0.2, 0.25) is 0 Å². The minimum Gasteiger partial charge on any atom is -0.492 e. The van der Waals surface area contributed by atoms with Crippen LogP contribution in [0.15, 0.2) is 46.9 Å². The summed E-state index contributed by atoms with van der Waals surface area (Å²) in [5.41, 5.74) is 8.79. The second kappa shape index (κ2) is 9.32. The standard InChI is InChI=1S/C24H29N3O3/c1-26-24(28)22-21-18(16-27-11-6-3-7-12-27)14-19(29-13-10-25)15-20(21)30-23(22)17-8-4-2-5-9-17/h2,4-5,8-9,14-15H,3,6-7,10-13,16,25H2,1H3,(H,26,28). The smallest absolute Gasteiger partial charge is 0.255 e. The van der Waals surface area contributed by atoms with Gasteiger partial charge in [-0.2, -0.15) is 0 Å². The van der Waals surface area contributed by atoms with E-state index in [-0.39, 0.29) is 5.91 Å². The Morgan fingerprint density at radius 3 is 2.63 bits per heavy atom. The Kier molecular flexibility index (Phi) is 6.35. The third kappa shape index (κ3) is 4.20. The molecule has 1 amide bonds. The molecule has 4 rings (SSSR count). The van der Waals surface area contributed by atoms with Crippen molar-refractivity contribution in [3.8, 4) is 17.1 Å². The van der Waals surface area contributed by atoms with Gasteiger partial charge < -0.3 is 20.2 Å². The van der Waals surface area contributed by atoms with Crippen LogP contribution in [0.25, 0.3) is 22.3 Å². The van der Waals surface area contributed by atoms with Crippen LogP contribution in [0.3, 0.4) is 0 Å². The largest absolute Gasteiger partial charge is 0.492 e. The summed E-state index contributed by atoms with van der Waals surface area (Å²) in [6, 6.07) is 13.7. The van der Waals surface area contributed by atoms with Crippen LogP contribution in [-0.4, -0.2) is 44.1 Å².